The molecule has 80 valence electrons. The predicted octanol–water partition coefficient (Wildman–Crippen LogP) is 2.32. The maximum absolute atomic E-state index is 12.2. The molecular formula is C13H12N2O. The van der Waals surface area contributed by atoms with Crippen LogP contribution in [-0.4, -0.2) is 16.0 Å². The van der Waals surface area contributed by atoms with Gasteiger partial charge in [0.25, 0.3) is 0 Å². The molecule has 16 heavy (non-hydrogen) atoms. The number of hydrogen-bond acceptors (Lipinski definition) is 3. The van der Waals surface area contributed by atoms with E-state index in [0.717, 1.165) is 5.69 Å². The molecule has 2 aromatic rings. The van der Waals surface area contributed by atoms with E-state index in [1.165, 1.54) is 0 Å². The van der Waals surface area contributed by atoms with Crippen LogP contribution in [0.4, 0.5) is 0 Å². The van der Waals surface area contributed by atoms with Gasteiger partial charge in [0, 0.05) is 11.1 Å². The van der Waals surface area contributed by atoms with Crippen LogP contribution in [0.5, 0.6) is 0 Å². The Labute approximate surface area is 94.2 Å². The SMILES string of the molecule is Cc1cc(C(=O)c2ccccc2)c(C)nn1. The fraction of sp³-hybridized carbons (Fsp3) is 0.154. The molecule has 0 atom stereocenters. The lowest BCUT2D eigenvalue weighted by Gasteiger charge is -2.04. The summed E-state index contributed by atoms with van der Waals surface area (Å²) in [6.45, 7) is 3.62. The predicted molar refractivity (Wildman–Crippen MR) is 61.4 cm³/mol. The molecule has 1 heterocycles. The molecule has 0 radical (unpaired) electrons. The summed E-state index contributed by atoms with van der Waals surface area (Å²) in [5, 5.41) is 7.87. The van der Waals surface area contributed by atoms with Gasteiger partial charge in [-0.25, -0.2) is 0 Å². The Bertz CT molecular complexity index is 521. The Kier molecular flexibility index (Phi) is 2.77. The van der Waals surface area contributed by atoms with E-state index in [4.69, 9.17) is 0 Å². The normalized spacial score (nSPS) is 10.1. The summed E-state index contributed by atoms with van der Waals surface area (Å²) in [6.07, 6.45) is 0. The van der Waals surface area contributed by atoms with Crippen LogP contribution in [0, 0.1) is 13.8 Å². The topological polar surface area (TPSA) is 42.9 Å². The summed E-state index contributed by atoms with van der Waals surface area (Å²) in [4.78, 5) is 12.2. The fourth-order valence-corrected chi connectivity index (χ4v) is 1.52. The molecule has 3 nitrogen and oxygen atoms in total. The number of ketones is 1. The molecule has 3 heteroatoms. The van der Waals surface area contributed by atoms with E-state index in [0.29, 0.717) is 16.8 Å². The molecule has 1 aromatic carbocycles. The van der Waals surface area contributed by atoms with Crippen molar-refractivity contribution >= 4 is 5.78 Å². The van der Waals surface area contributed by atoms with Crippen LogP contribution in [0.25, 0.3) is 0 Å². The second-order valence-corrected chi connectivity index (χ2v) is 3.68. The van der Waals surface area contributed by atoms with Gasteiger partial charge in [0.2, 0.25) is 0 Å². The van der Waals surface area contributed by atoms with Crippen molar-refractivity contribution in [1.82, 2.24) is 10.2 Å². The summed E-state index contributed by atoms with van der Waals surface area (Å²) < 4.78 is 0. The van der Waals surface area contributed by atoms with Crippen LogP contribution in [0.2, 0.25) is 0 Å². The van der Waals surface area contributed by atoms with Crippen molar-refractivity contribution in [2.75, 3.05) is 0 Å². The molecule has 0 amide bonds. The average molecular weight is 212 g/mol. The van der Waals surface area contributed by atoms with Crippen LogP contribution in [0.3, 0.4) is 0 Å². The average Bonchev–Trinajstić information content (AvgIpc) is 2.32. The molecule has 0 N–H and O–H groups in total. The lowest BCUT2D eigenvalue weighted by Crippen LogP contribution is -2.06. The molecule has 0 unspecified atom stereocenters. The Morgan fingerprint density at radius 1 is 1.06 bits per heavy atom. The second kappa shape index (κ2) is 4.23. The molecule has 0 fully saturated rings. The van der Waals surface area contributed by atoms with Crippen molar-refractivity contribution < 1.29 is 4.79 Å². The van der Waals surface area contributed by atoms with Crippen LogP contribution in [0.15, 0.2) is 36.4 Å². The molecule has 0 saturated carbocycles. The van der Waals surface area contributed by atoms with Crippen molar-refractivity contribution in [3.63, 3.8) is 0 Å². The van der Waals surface area contributed by atoms with E-state index < -0.39 is 0 Å². The summed E-state index contributed by atoms with van der Waals surface area (Å²) in [7, 11) is 0. The van der Waals surface area contributed by atoms with Crippen LogP contribution < -0.4 is 0 Å². The molecule has 2 rings (SSSR count). The number of carbonyl (C=O) groups is 1. The maximum atomic E-state index is 12.2. The van der Waals surface area contributed by atoms with Gasteiger partial charge in [0.05, 0.1) is 11.4 Å². The zero-order chi connectivity index (χ0) is 11.5. The monoisotopic (exact) mass is 212 g/mol. The lowest BCUT2D eigenvalue weighted by atomic mass is 10.0. The molecule has 0 aliphatic rings. The maximum Gasteiger partial charge on any atom is 0.194 e. The number of benzene rings is 1. The second-order valence-electron chi connectivity index (χ2n) is 3.68. The minimum atomic E-state index is -0.00361. The smallest absolute Gasteiger partial charge is 0.194 e. The summed E-state index contributed by atoms with van der Waals surface area (Å²) in [5.74, 6) is -0.00361. The zero-order valence-corrected chi connectivity index (χ0v) is 9.27. The summed E-state index contributed by atoms with van der Waals surface area (Å²) >= 11 is 0. The van der Waals surface area contributed by atoms with Gasteiger partial charge in [-0.3, -0.25) is 4.79 Å². The van der Waals surface area contributed by atoms with E-state index in [1.54, 1.807) is 25.1 Å². The van der Waals surface area contributed by atoms with Gasteiger partial charge in [0.15, 0.2) is 5.78 Å². The fourth-order valence-electron chi connectivity index (χ4n) is 1.52. The Morgan fingerprint density at radius 2 is 1.75 bits per heavy atom. The highest BCUT2D eigenvalue weighted by atomic mass is 16.1. The standard InChI is InChI=1S/C13H12N2O/c1-9-8-12(10(2)15-14-9)13(16)11-6-4-3-5-7-11/h3-8H,1-2H3. The first-order valence-electron chi connectivity index (χ1n) is 5.09. The Morgan fingerprint density at radius 3 is 2.44 bits per heavy atom. The number of hydrogen-bond donors (Lipinski definition) is 0. The van der Waals surface area contributed by atoms with Crippen molar-refractivity contribution in [2.24, 2.45) is 0 Å². The Hall–Kier alpha value is -2.03. The molecule has 0 bridgehead atoms. The van der Waals surface area contributed by atoms with E-state index in [2.05, 4.69) is 10.2 Å². The summed E-state index contributed by atoms with van der Waals surface area (Å²) in [5.41, 5.74) is 2.72. The first-order chi connectivity index (χ1) is 7.68. The number of nitrogens with zero attached hydrogens (tertiary/aromatic N) is 2. The highest BCUT2D eigenvalue weighted by Gasteiger charge is 2.12. The number of aryl methyl sites for hydroxylation is 2. The van der Waals surface area contributed by atoms with Gasteiger partial charge in [-0.1, -0.05) is 30.3 Å². The van der Waals surface area contributed by atoms with E-state index in [-0.39, 0.29) is 5.78 Å². The third kappa shape index (κ3) is 1.98. The number of carbonyl (C=O) groups excluding carboxylic acids is 1. The van der Waals surface area contributed by atoms with Gasteiger partial charge in [-0.15, -0.1) is 0 Å². The molecule has 0 aliphatic heterocycles. The first kappa shape index (κ1) is 10.5. The van der Waals surface area contributed by atoms with Gasteiger partial charge in [-0.05, 0) is 19.9 Å². The van der Waals surface area contributed by atoms with Crippen LogP contribution in [0.1, 0.15) is 27.3 Å². The van der Waals surface area contributed by atoms with Crippen LogP contribution in [-0.2, 0) is 0 Å². The Balaban J connectivity index is 2.46. The van der Waals surface area contributed by atoms with Crippen molar-refractivity contribution in [1.29, 1.82) is 0 Å². The quantitative estimate of drug-likeness (QED) is 0.717. The van der Waals surface area contributed by atoms with Crippen molar-refractivity contribution in [2.45, 2.75) is 13.8 Å². The minimum absolute atomic E-state index is 0.00361. The molecule has 0 spiro atoms. The highest BCUT2D eigenvalue weighted by Crippen LogP contribution is 2.12. The van der Waals surface area contributed by atoms with Gasteiger partial charge >= 0.3 is 0 Å². The molecule has 1 aromatic heterocycles. The zero-order valence-electron chi connectivity index (χ0n) is 9.27. The third-order valence-corrected chi connectivity index (χ3v) is 2.38. The van der Waals surface area contributed by atoms with E-state index >= 15 is 0 Å². The first-order valence-corrected chi connectivity index (χ1v) is 5.09. The van der Waals surface area contributed by atoms with E-state index in [1.807, 2.05) is 25.1 Å². The van der Waals surface area contributed by atoms with Gasteiger partial charge in [-0.2, -0.15) is 10.2 Å². The van der Waals surface area contributed by atoms with Crippen molar-refractivity contribution in [3.05, 3.63) is 58.9 Å². The van der Waals surface area contributed by atoms with Gasteiger partial charge < -0.3 is 0 Å². The summed E-state index contributed by atoms with van der Waals surface area (Å²) in [6, 6.07) is 11.0. The van der Waals surface area contributed by atoms with Crippen LogP contribution >= 0.6 is 0 Å². The highest BCUT2D eigenvalue weighted by molar-refractivity contribution is 6.09. The van der Waals surface area contributed by atoms with E-state index in [9.17, 15) is 4.79 Å². The molecule has 0 aliphatic carbocycles. The largest absolute Gasteiger partial charge is 0.289 e. The minimum Gasteiger partial charge on any atom is -0.289 e. The van der Waals surface area contributed by atoms with Crippen molar-refractivity contribution in [3.8, 4) is 0 Å². The molecular weight excluding hydrogens is 200 g/mol. The number of rotatable bonds is 2. The van der Waals surface area contributed by atoms with Gasteiger partial charge in [0.1, 0.15) is 0 Å². The third-order valence-electron chi connectivity index (χ3n) is 2.38. The lowest BCUT2D eigenvalue weighted by molar-refractivity contribution is 0.103. The molecule has 0 saturated heterocycles. The number of aromatic nitrogens is 2.